The molecule has 1 aliphatic heterocycles. The van der Waals surface area contributed by atoms with Crippen molar-refractivity contribution in [2.24, 2.45) is 0 Å². The molecule has 1 aromatic rings. The van der Waals surface area contributed by atoms with E-state index >= 15 is 0 Å². The maximum absolute atomic E-state index is 4.40. The Kier molecular flexibility index (Phi) is 4.34. The number of nitrogens with one attached hydrogen (secondary N) is 1. The second-order valence-electron chi connectivity index (χ2n) is 4.70. The Morgan fingerprint density at radius 1 is 1.41 bits per heavy atom. The standard InChI is InChI=1S/C13H22N4/c1-12-3-4-15-13(11-12)16(2)9-10-17-7-5-14-6-8-17/h3-4,11,14H,5-10H2,1-2H3. The molecule has 0 radical (unpaired) electrons. The van der Waals surface area contributed by atoms with Gasteiger partial charge in [0.2, 0.25) is 0 Å². The van der Waals surface area contributed by atoms with E-state index in [9.17, 15) is 0 Å². The normalized spacial score (nSPS) is 17.1. The van der Waals surface area contributed by atoms with E-state index in [4.69, 9.17) is 0 Å². The first-order valence-corrected chi connectivity index (χ1v) is 6.32. The van der Waals surface area contributed by atoms with Crippen molar-refractivity contribution in [3.63, 3.8) is 0 Å². The number of anilines is 1. The molecule has 0 saturated carbocycles. The summed E-state index contributed by atoms with van der Waals surface area (Å²) in [7, 11) is 2.12. The van der Waals surface area contributed by atoms with Crippen LogP contribution in [0.25, 0.3) is 0 Å². The van der Waals surface area contributed by atoms with Crippen molar-refractivity contribution in [1.82, 2.24) is 15.2 Å². The maximum atomic E-state index is 4.40. The molecule has 0 atom stereocenters. The van der Waals surface area contributed by atoms with Gasteiger partial charge in [0, 0.05) is 52.5 Å². The number of likely N-dealkylation sites (N-methyl/N-ethyl adjacent to an activating group) is 1. The third-order valence-electron chi connectivity index (χ3n) is 3.25. The predicted molar refractivity (Wildman–Crippen MR) is 71.6 cm³/mol. The molecular formula is C13H22N4. The zero-order valence-corrected chi connectivity index (χ0v) is 10.8. The van der Waals surface area contributed by atoms with Crippen molar-refractivity contribution in [1.29, 1.82) is 0 Å². The third kappa shape index (κ3) is 3.68. The lowest BCUT2D eigenvalue weighted by Gasteiger charge is -2.29. The van der Waals surface area contributed by atoms with Gasteiger partial charge in [0.15, 0.2) is 0 Å². The minimum Gasteiger partial charge on any atom is -0.358 e. The summed E-state index contributed by atoms with van der Waals surface area (Å²) in [5.74, 6) is 1.07. The van der Waals surface area contributed by atoms with E-state index in [-0.39, 0.29) is 0 Å². The van der Waals surface area contributed by atoms with Gasteiger partial charge in [0.05, 0.1) is 0 Å². The van der Waals surface area contributed by atoms with Gasteiger partial charge in [-0.3, -0.25) is 4.90 Å². The van der Waals surface area contributed by atoms with E-state index in [0.717, 1.165) is 45.1 Å². The molecule has 1 fully saturated rings. The quantitative estimate of drug-likeness (QED) is 0.832. The first kappa shape index (κ1) is 12.3. The molecule has 0 unspecified atom stereocenters. The number of aromatic nitrogens is 1. The molecule has 0 spiro atoms. The maximum Gasteiger partial charge on any atom is 0.128 e. The predicted octanol–water partition coefficient (Wildman–Crippen LogP) is 0.731. The van der Waals surface area contributed by atoms with E-state index < -0.39 is 0 Å². The molecule has 94 valence electrons. The largest absolute Gasteiger partial charge is 0.358 e. The summed E-state index contributed by atoms with van der Waals surface area (Å²) >= 11 is 0. The van der Waals surface area contributed by atoms with Crippen LogP contribution >= 0.6 is 0 Å². The Morgan fingerprint density at radius 3 is 2.88 bits per heavy atom. The fourth-order valence-corrected chi connectivity index (χ4v) is 2.07. The molecular weight excluding hydrogens is 212 g/mol. The first-order valence-electron chi connectivity index (χ1n) is 6.32. The second kappa shape index (κ2) is 5.98. The monoisotopic (exact) mass is 234 g/mol. The average Bonchev–Trinajstić information content (AvgIpc) is 2.37. The van der Waals surface area contributed by atoms with E-state index in [0.29, 0.717) is 0 Å². The number of hydrogen-bond acceptors (Lipinski definition) is 4. The average molecular weight is 234 g/mol. The second-order valence-corrected chi connectivity index (χ2v) is 4.70. The van der Waals surface area contributed by atoms with Gasteiger partial charge in [-0.05, 0) is 24.6 Å². The molecule has 0 aliphatic carbocycles. The summed E-state index contributed by atoms with van der Waals surface area (Å²) in [5, 5.41) is 3.37. The topological polar surface area (TPSA) is 31.4 Å². The molecule has 2 rings (SSSR count). The van der Waals surface area contributed by atoms with Crippen molar-refractivity contribution in [3.05, 3.63) is 23.9 Å². The van der Waals surface area contributed by atoms with Crippen molar-refractivity contribution in [2.45, 2.75) is 6.92 Å². The lowest BCUT2D eigenvalue weighted by molar-refractivity contribution is 0.246. The number of pyridine rings is 1. The van der Waals surface area contributed by atoms with E-state index in [2.05, 4.69) is 40.1 Å². The molecule has 4 nitrogen and oxygen atoms in total. The summed E-state index contributed by atoms with van der Waals surface area (Å²) in [5.41, 5.74) is 1.27. The summed E-state index contributed by atoms with van der Waals surface area (Å²) in [4.78, 5) is 9.13. The van der Waals surface area contributed by atoms with Gasteiger partial charge in [0.25, 0.3) is 0 Å². The van der Waals surface area contributed by atoms with Gasteiger partial charge in [-0.1, -0.05) is 0 Å². The zero-order valence-electron chi connectivity index (χ0n) is 10.8. The fourth-order valence-electron chi connectivity index (χ4n) is 2.07. The highest BCUT2D eigenvalue weighted by Gasteiger charge is 2.10. The van der Waals surface area contributed by atoms with Crippen LogP contribution in [0, 0.1) is 6.92 Å². The SMILES string of the molecule is Cc1ccnc(N(C)CCN2CCNCC2)c1. The van der Waals surface area contributed by atoms with Crippen molar-refractivity contribution < 1.29 is 0 Å². The van der Waals surface area contributed by atoms with Crippen molar-refractivity contribution in [3.8, 4) is 0 Å². The Labute approximate surface area is 104 Å². The molecule has 17 heavy (non-hydrogen) atoms. The lowest BCUT2D eigenvalue weighted by atomic mass is 10.3. The van der Waals surface area contributed by atoms with E-state index in [1.807, 2.05) is 12.3 Å². The number of piperazine rings is 1. The summed E-state index contributed by atoms with van der Waals surface area (Å²) in [6.45, 7) is 8.82. The Hall–Kier alpha value is -1.13. The van der Waals surface area contributed by atoms with Gasteiger partial charge >= 0.3 is 0 Å². The Balaban J connectivity index is 1.82. The highest BCUT2D eigenvalue weighted by atomic mass is 15.2. The molecule has 1 saturated heterocycles. The van der Waals surface area contributed by atoms with Crippen LogP contribution in [0.3, 0.4) is 0 Å². The number of hydrogen-bond donors (Lipinski definition) is 1. The van der Waals surface area contributed by atoms with Gasteiger partial charge in [-0.25, -0.2) is 4.98 Å². The van der Waals surface area contributed by atoms with Crippen LogP contribution in [0.1, 0.15) is 5.56 Å². The van der Waals surface area contributed by atoms with Gasteiger partial charge < -0.3 is 10.2 Å². The van der Waals surface area contributed by atoms with Gasteiger partial charge in [-0.15, -0.1) is 0 Å². The molecule has 2 heterocycles. The first-order chi connectivity index (χ1) is 8.25. The Bertz CT molecular complexity index is 347. The summed E-state index contributed by atoms with van der Waals surface area (Å²) < 4.78 is 0. The van der Waals surface area contributed by atoms with E-state index in [1.165, 1.54) is 5.56 Å². The van der Waals surface area contributed by atoms with Crippen LogP contribution in [0.4, 0.5) is 5.82 Å². The number of rotatable bonds is 4. The molecule has 1 aromatic heterocycles. The minimum absolute atomic E-state index is 1.04. The van der Waals surface area contributed by atoms with Crippen molar-refractivity contribution in [2.75, 3.05) is 51.2 Å². The molecule has 0 bridgehead atoms. The van der Waals surface area contributed by atoms with Crippen LogP contribution in [-0.4, -0.2) is 56.2 Å². The Morgan fingerprint density at radius 2 is 2.18 bits per heavy atom. The van der Waals surface area contributed by atoms with Crippen LogP contribution in [0.5, 0.6) is 0 Å². The third-order valence-corrected chi connectivity index (χ3v) is 3.25. The fraction of sp³-hybridized carbons (Fsp3) is 0.615. The molecule has 1 N–H and O–H groups in total. The van der Waals surface area contributed by atoms with Gasteiger partial charge in [0.1, 0.15) is 5.82 Å². The highest BCUT2D eigenvalue weighted by molar-refractivity contribution is 5.39. The zero-order chi connectivity index (χ0) is 12.1. The van der Waals surface area contributed by atoms with Crippen molar-refractivity contribution >= 4 is 5.82 Å². The van der Waals surface area contributed by atoms with Crippen LogP contribution in [0.2, 0.25) is 0 Å². The summed E-state index contributed by atoms with van der Waals surface area (Å²) in [6.07, 6.45) is 1.88. The summed E-state index contributed by atoms with van der Waals surface area (Å²) in [6, 6.07) is 4.17. The smallest absolute Gasteiger partial charge is 0.128 e. The van der Waals surface area contributed by atoms with Gasteiger partial charge in [-0.2, -0.15) is 0 Å². The molecule has 0 amide bonds. The number of aryl methyl sites for hydroxylation is 1. The van der Waals surface area contributed by atoms with E-state index in [1.54, 1.807) is 0 Å². The van der Waals surface area contributed by atoms with Crippen LogP contribution in [0.15, 0.2) is 18.3 Å². The highest BCUT2D eigenvalue weighted by Crippen LogP contribution is 2.09. The minimum atomic E-state index is 1.04. The lowest BCUT2D eigenvalue weighted by Crippen LogP contribution is -2.46. The molecule has 4 heteroatoms. The van der Waals surface area contributed by atoms with Crippen LogP contribution in [-0.2, 0) is 0 Å². The van der Waals surface area contributed by atoms with Crippen LogP contribution < -0.4 is 10.2 Å². The number of nitrogens with zero attached hydrogens (tertiary/aromatic N) is 3. The molecule has 1 aliphatic rings. The molecule has 0 aromatic carbocycles.